The van der Waals surface area contributed by atoms with Crippen LogP contribution >= 0.6 is 23.1 Å². The number of rotatable bonds is 4. The predicted octanol–water partition coefficient (Wildman–Crippen LogP) is 4.67. The second-order valence-corrected chi connectivity index (χ2v) is 8.46. The van der Waals surface area contributed by atoms with E-state index >= 15 is 0 Å². The molecule has 6 nitrogen and oxygen atoms in total. The third-order valence-corrected chi connectivity index (χ3v) is 6.37. The molecule has 5 rings (SSSR count). The number of fused-ring (bicyclic) bond motifs is 4. The summed E-state index contributed by atoms with van der Waals surface area (Å²) in [6.07, 6.45) is 0. The Kier molecular flexibility index (Phi) is 4.40. The SMILES string of the molecule is Cc1cc2nnc(SCC(=O)Nc3nc4ccc(F)cc4s3)n2c2ccccc12. The van der Waals surface area contributed by atoms with Gasteiger partial charge in [-0.25, -0.2) is 9.37 Å². The Morgan fingerprint density at radius 3 is 2.97 bits per heavy atom. The molecule has 2 aromatic carbocycles. The lowest BCUT2D eigenvalue weighted by atomic mass is 10.1. The summed E-state index contributed by atoms with van der Waals surface area (Å²) < 4.78 is 16.0. The Labute approximate surface area is 172 Å². The maximum atomic E-state index is 13.3. The average molecular weight is 423 g/mol. The van der Waals surface area contributed by atoms with E-state index in [0.29, 0.717) is 20.5 Å². The monoisotopic (exact) mass is 423 g/mol. The second kappa shape index (κ2) is 7.09. The molecule has 0 saturated heterocycles. The summed E-state index contributed by atoms with van der Waals surface area (Å²) in [6, 6.07) is 14.4. The first-order chi connectivity index (χ1) is 14.1. The Hall–Kier alpha value is -3.04. The molecule has 0 bridgehead atoms. The molecule has 5 aromatic rings. The minimum Gasteiger partial charge on any atom is -0.301 e. The van der Waals surface area contributed by atoms with Gasteiger partial charge in [0, 0.05) is 5.39 Å². The number of thiazole rings is 1. The highest BCUT2D eigenvalue weighted by Gasteiger charge is 2.14. The van der Waals surface area contributed by atoms with Gasteiger partial charge in [-0.15, -0.1) is 10.2 Å². The van der Waals surface area contributed by atoms with Crippen LogP contribution in [-0.2, 0) is 4.79 Å². The average Bonchev–Trinajstić information content (AvgIpc) is 3.29. The lowest BCUT2D eigenvalue weighted by Gasteiger charge is -2.07. The zero-order valence-electron chi connectivity index (χ0n) is 15.2. The minimum absolute atomic E-state index is 0.160. The van der Waals surface area contributed by atoms with E-state index in [0.717, 1.165) is 22.1 Å². The highest BCUT2D eigenvalue weighted by atomic mass is 32.2. The Bertz CT molecular complexity index is 1390. The number of para-hydroxylation sites is 1. The molecule has 29 heavy (non-hydrogen) atoms. The number of hydrogen-bond donors (Lipinski definition) is 1. The quantitative estimate of drug-likeness (QED) is 0.425. The van der Waals surface area contributed by atoms with Crippen LogP contribution in [0.2, 0.25) is 0 Å². The van der Waals surface area contributed by atoms with Crippen molar-refractivity contribution in [3.05, 3.63) is 59.9 Å². The molecule has 1 N–H and O–H groups in total. The summed E-state index contributed by atoms with van der Waals surface area (Å²) >= 11 is 2.55. The molecule has 9 heteroatoms. The molecule has 0 spiro atoms. The molecule has 3 aromatic heterocycles. The van der Waals surface area contributed by atoms with Gasteiger partial charge in [-0.1, -0.05) is 41.3 Å². The number of amides is 1. The van der Waals surface area contributed by atoms with Gasteiger partial charge >= 0.3 is 0 Å². The second-order valence-electron chi connectivity index (χ2n) is 6.49. The molecule has 144 valence electrons. The molecular weight excluding hydrogens is 409 g/mol. The Morgan fingerprint density at radius 1 is 1.21 bits per heavy atom. The molecule has 0 aliphatic heterocycles. The molecule has 0 aliphatic rings. The maximum absolute atomic E-state index is 13.3. The number of carbonyl (C=O) groups is 1. The van der Waals surface area contributed by atoms with E-state index in [1.54, 1.807) is 6.07 Å². The van der Waals surface area contributed by atoms with Crippen LogP contribution in [0, 0.1) is 12.7 Å². The van der Waals surface area contributed by atoms with Gasteiger partial charge in [0.1, 0.15) is 5.82 Å². The van der Waals surface area contributed by atoms with E-state index in [9.17, 15) is 9.18 Å². The normalized spacial score (nSPS) is 11.5. The van der Waals surface area contributed by atoms with Gasteiger partial charge in [-0.3, -0.25) is 9.20 Å². The summed E-state index contributed by atoms with van der Waals surface area (Å²) in [4.78, 5) is 16.7. The molecule has 0 fully saturated rings. The fraction of sp³-hybridized carbons (Fsp3) is 0.100. The zero-order valence-corrected chi connectivity index (χ0v) is 16.9. The van der Waals surface area contributed by atoms with Crippen LogP contribution in [-0.4, -0.2) is 31.2 Å². The van der Waals surface area contributed by atoms with Crippen molar-refractivity contribution in [1.82, 2.24) is 19.6 Å². The van der Waals surface area contributed by atoms with Crippen molar-refractivity contribution < 1.29 is 9.18 Å². The van der Waals surface area contributed by atoms with Crippen LogP contribution < -0.4 is 5.32 Å². The largest absolute Gasteiger partial charge is 0.301 e. The molecule has 0 unspecified atom stereocenters. The number of nitrogens with zero attached hydrogens (tertiary/aromatic N) is 4. The predicted molar refractivity (Wildman–Crippen MR) is 114 cm³/mol. The summed E-state index contributed by atoms with van der Waals surface area (Å²) in [5.74, 6) is -0.369. The van der Waals surface area contributed by atoms with Crippen molar-refractivity contribution in [2.75, 3.05) is 11.1 Å². The number of hydrogen-bond acceptors (Lipinski definition) is 6. The van der Waals surface area contributed by atoms with Gasteiger partial charge in [0.25, 0.3) is 0 Å². The van der Waals surface area contributed by atoms with Crippen LogP contribution in [0.25, 0.3) is 26.8 Å². The van der Waals surface area contributed by atoms with Gasteiger partial charge in [-0.2, -0.15) is 0 Å². The first-order valence-electron chi connectivity index (χ1n) is 8.81. The molecule has 0 aliphatic carbocycles. The molecule has 3 heterocycles. The van der Waals surface area contributed by atoms with Crippen molar-refractivity contribution >= 4 is 60.9 Å². The van der Waals surface area contributed by atoms with Crippen LogP contribution in [0.15, 0.2) is 53.7 Å². The van der Waals surface area contributed by atoms with Crippen LogP contribution in [0.1, 0.15) is 5.56 Å². The molecule has 0 atom stereocenters. The highest BCUT2D eigenvalue weighted by Crippen LogP contribution is 2.28. The van der Waals surface area contributed by atoms with Gasteiger partial charge in [-0.05, 0) is 42.8 Å². The number of carbonyl (C=O) groups excluding carboxylic acids is 1. The van der Waals surface area contributed by atoms with Crippen LogP contribution in [0.3, 0.4) is 0 Å². The highest BCUT2D eigenvalue weighted by molar-refractivity contribution is 7.99. The topological polar surface area (TPSA) is 72.2 Å². The molecular formula is C20H14FN5OS2. The summed E-state index contributed by atoms with van der Waals surface area (Å²) in [5.41, 5.74) is 3.53. The number of halogens is 1. The fourth-order valence-electron chi connectivity index (χ4n) is 3.21. The molecule has 0 radical (unpaired) electrons. The van der Waals surface area contributed by atoms with Crippen LogP contribution in [0.5, 0.6) is 0 Å². The first-order valence-corrected chi connectivity index (χ1v) is 10.6. The summed E-state index contributed by atoms with van der Waals surface area (Å²) in [5, 5.41) is 13.5. The first kappa shape index (κ1) is 18.0. The number of pyridine rings is 1. The van der Waals surface area contributed by atoms with E-state index in [2.05, 4.69) is 26.6 Å². The molecule has 1 amide bonds. The Morgan fingerprint density at radius 2 is 2.07 bits per heavy atom. The van der Waals surface area contributed by atoms with E-state index in [-0.39, 0.29) is 17.5 Å². The summed E-state index contributed by atoms with van der Waals surface area (Å²) in [7, 11) is 0. The van der Waals surface area contributed by atoms with Crippen molar-refractivity contribution in [2.45, 2.75) is 12.1 Å². The van der Waals surface area contributed by atoms with Gasteiger partial charge in [0.15, 0.2) is 15.9 Å². The van der Waals surface area contributed by atoms with Crippen molar-refractivity contribution in [1.29, 1.82) is 0 Å². The third kappa shape index (κ3) is 3.32. The number of thioether (sulfide) groups is 1. The number of aromatic nitrogens is 4. The van der Waals surface area contributed by atoms with E-state index in [4.69, 9.17) is 0 Å². The number of aryl methyl sites for hydroxylation is 1. The fourth-order valence-corrected chi connectivity index (χ4v) is 4.86. The van der Waals surface area contributed by atoms with E-state index in [1.165, 1.54) is 35.2 Å². The maximum Gasteiger partial charge on any atom is 0.236 e. The van der Waals surface area contributed by atoms with Crippen molar-refractivity contribution in [2.24, 2.45) is 0 Å². The Balaban J connectivity index is 1.37. The third-order valence-electron chi connectivity index (χ3n) is 4.50. The van der Waals surface area contributed by atoms with Gasteiger partial charge in [0.2, 0.25) is 5.91 Å². The smallest absolute Gasteiger partial charge is 0.236 e. The number of anilines is 1. The lowest BCUT2D eigenvalue weighted by Crippen LogP contribution is -2.14. The number of benzene rings is 2. The number of nitrogens with one attached hydrogen (secondary N) is 1. The van der Waals surface area contributed by atoms with Crippen molar-refractivity contribution in [3.63, 3.8) is 0 Å². The van der Waals surface area contributed by atoms with Crippen LogP contribution in [0.4, 0.5) is 9.52 Å². The van der Waals surface area contributed by atoms with Gasteiger partial charge in [0.05, 0.1) is 21.5 Å². The van der Waals surface area contributed by atoms with Crippen molar-refractivity contribution in [3.8, 4) is 0 Å². The summed E-state index contributed by atoms with van der Waals surface area (Å²) in [6.45, 7) is 2.04. The van der Waals surface area contributed by atoms with Gasteiger partial charge < -0.3 is 5.32 Å². The zero-order chi connectivity index (χ0) is 20.0. The van der Waals surface area contributed by atoms with E-state index in [1.807, 2.05) is 35.6 Å². The minimum atomic E-state index is -0.323. The van der Waals surface area contributed by atoms with E-state index < -0.39 is 0 Å². The standard InChI is InChI=1S/C20H14FN5OS2/c1-11-8-17-24-25-20(26(17)15-5-3-2-4-13(11)15)28-10-18(27)23-19-22-14-7-6-12(21)9-16(14)29-19/h2-9H,10H2,1H3,(H,22,23,27). The lowest BCUT2D eigenvalue weighted by molar-refractivity contribution is -0.113. The molecule has 0 saturated carbocycles.